The lowest BCUT2D eigenvalue weighted by atomic mass is 10.0. The first-order valence-electron chi connectivity index (χ1n) is 7.09. The number of nitrogens with two attached hydrogens (primary N) is 1. The zero-order valence-electron chi connectivity index (χ0n) is 12.6. The summed E-state index contributed by atoms with van der Waals surface area (Å²) in [4.78, 5) is 0. The predicted octanol–water partition coefficient (Wildman–Crippen LogP) is 2.04. The summed E-state index contributed by atoms with van der Waals surface area (Å²) in [6.45, 7) is 4.14. The van der Waals surface area contributed by atoms with Gasteiger partial charge in [-0.25, -0.2) is 0 Å². The van der Waals surface area contributed by atoms with Gasteiger partial charge in [-0.1, -0.05) is 29.8 Å². The van der Waals surface area contributed by atoms with Crippen molar-refractivity contribution in [2.75, 3.05) is 0 Å². The molecule has 0 saturated heterocycles. The summed E-state index contributed by atoms with van der Waals surface area (Å²) in [5, 5.41) is 4.38. The zero-order chi connectivity index (χ0) is 14.5. The molecule has 4 heteroatoms. The minimum atomic E-state index is 0.269. The van der Waals surface area contributed by atoms with E-state index in [2.05, 4.69) is 47.8 Å². The summed E-state index contributed by atoms with van der Waals surface area (Å²) in [5.41, 5.74) is 7.88. The van der Waals surface area contributed by atoms with Crippen molar-refractivity contribution in [2.45, 2.75) is 39.2 Å². The Morgan fingerprint density at radius 1 is 1.30 bits per heavy atom. The number of rotatable bonds is 6. The van der Waals surface area contributed by atoms with Gasteiger partial charge in [-0.05, 0) is 38.3 Å². The lowest BCUT2D eigenvalue weighted by molar-refractivity contribution is 0.477. The number of benzene rings is 1. The topological polar surface area (TPSA) is 55.9 Å². The Balaban J connectivity index is 1.94. The Kier molecular flexibility index (Phi) is 4.93. The molecule has 0 aliphatic rings. The third-order valence-electron chi connectivity index (χ3n) is 3.65. The van der Waals surface area contributed by atoms with Crippen molar-refractivity contribution in [3.05, 3.63) is 52.8 Å². The lowest BCUT2D eigenvalue weighted by Crippen LogP contribution is -2.37. The highest BCUT2D eigenvalue weighted by molar-refractivity contribution is 5.22. The molecular formula is C16H24N4. The van der Waals surface area contributed by atoms with Crippen LogP contribution in [0.1, 0.15) is 28.9 Å². The van der Waals surface area contributed by atoms with E-state index in [1.165, 1.54) is 16.8 Å². The van der Waals surface area contributed by atoms with Crippen LogP contribution in [-0.4, -0.2) is 15.8 Å². The number of aryl methyl sites for hydroxylation is 4. The second-order valence-corrected chi connectivity index (χ2v) is 5.50. The van der Waals surface area contributed by atoms with Crippen molar-refractivity contribution in [2.24, 2.45) is 12.9 Å². The van der Waals surface area contributed by atoms with E-state index >= 15 is 0 Å². The highest BCUT2D eigenvalue weighted by Gasteiger charge is 2.11. The molecule has 20 heavy (non-hydrogen) atoms. The van der Waals surface area contributed by atoms with E-state index in [0.717, 1.165) is 25.0 Å². The van der Waals surface area contributed by atoms with Crippen LogP contribution >= 0.6 is 0 Å². The molecule has 3 N–H and O–H groups in total. The van der Waals surface area contributed by atoms with Gasteiger partial charge >= 0.3 is 0 Å². The van der Waals surface area contributed by atoms with E-state index in [1.54, 1.807) is 0 Å². The number of aromatic nitrogens is 2. The summed E-state index contributed by atoms with van der Waals surface area (Å²) >= 11 is 0. The third kappa shape index (κ3) is 3.92. The SMILES string of the molecule is Cc1cccc(CCC(Cc2cc(C)nn2C)NN)c1. The number of hydrogen-bond acceptors (Lipinski definition) is 3. The minimum Gasteiger partial charge on any atom is -0.272 e. The smallest absolute Gasteiger partial charge is 0.0596 e. The van der Waals surface area contributed by atoms with Gasteiger partial charge in [-0.3, -0.25) is 16.0 Å². The fraction of sp³-hybridized carbons (Fsp3) is 0.438. The highest BCUT2D eigenvalue weighted by Crippen LogP contribution is 2.11. The minimum absolute atomic E-state index is 0.269. The third-order valence-corrected chi connectivity index (χ3v) is 3.65. The van der Waals surface area contributed by atoms with Crippen molar-refractivity contribution in [3.8, 4) is 0 Å². The molecule has 0 fully saturated rings. The first-order chi connectivity index (χ1) is 9.58. The van der Waals surface area contributed by atoms with Gasteiger partial charge < -0.3 is 0 Å². The molecule has 2 aromatic rings. The Labute approximate surface area is 121 Å². The largest absolute Gasteiger partial charge is 0.272 e. The number of nitrogens with zero attached hydrogens (tertiary/aromatic N) is 2. The molecule has 1 unspecified atom stereocenters. The van der Waals surface area contributed by atoms with E-state index in [9.17, 15) is 0 Å². The average Bonchev–Trinajstić information content (AvgIpc) is 2.72. The predicted molar refractivity (Wildman–Crippen MR) is 82.3 cm³/mol. The molecule has 1 aromatic carbocycles. The molecule has 0 saturated carbocycles. The Morgan fingerprint density at radius 3 is 2.70 bits per heavy atom. The van der Waals surface area contributed by atoms with Crippen LogP contribution in [0.25, 0.3) is 0 Å². The summed E-state index contributed by atoms with van der Waals surface area (Å²) in [6, 6.07) is 11.0. The maximum atomic E-state index is 5.69. The van der Waals surface area contributed by atoms with Gasteiger partial charge in [-0.15, -0.1) is 0 Å². The van der Waals surface area contributed by atoms with E-state index in [1.807, 2.05) is 18.7 Å². The van der Waals surface area contributed by atoms with Crippen molar-refractivity contribution in [1.29, 1.82) is 0 Å². The van der Waals surface area contributed by atoms with Gasteiger partial charge in [0.25, 0.3) is 0 Å². The molecule has 1 heterocycles. The van der Waals surface area contributed by atoms with Crippen LogP contribution in [0.4, 0.5) is 0 Å². The van der Waals surface area contributed by atoms with Crippen LogP contribution in [-0.2, 0) is 19.9 Å². The molecule has 108 valence electrons. The van der Waals surface area contributed by atoms with Crippen molar-refractivity contribution < 1.29 is 0 Å². The maximum Gasteiger partial charge on any atom is 0.0596 e. The summed E-state index contributed by atoms with van der Waals surface area (Å²) in [6.07, 6.45) is 2.96. The van der Waals surface area contributed by atoms with Gasteiger partial charge in [-0.2, -0.15) is 5.10 Å². The second-order valence-electron chi connectivity index (χ2n) is 5.50. The fourth-order valence-electron chi connectivity index (χ4n) is 2.56. The van der Waals surface area contributed by atoms with E-state index < -0.39 is 0 Å². The van der Waals surface area contributed by atoms with Crippen LogP contribution in [0, 0.1) is 13.8 Å². The van der Waals surface area contributed by atoms with Crippen LogP contribution in [0.15, 0.2) is 30.3 Å². The molecule has 0 radical (unpaired) electrons. The van der Waals surface area contributed by atoms with Gasteiger partial charge in [0.15, 0.2) is 0 Å². The molecule has 0 spiro atoms. The fourth-order valence-corrected chi connectivity index (χ4v) is 2.56. The van der Waals surface area contributed by atoms with Crippen molar-refractivity contribution in [3.63, 3.8) is 0 Å². The standard InChI is InChI=1S/C16H24N4/c1-12-5-4-6-14(9-12)7-8-15(18-17)11-16-10-13(2)19-20(16)3/h4-6,9-10,15,18H,7-8,11,17H2,1-3H3. The first kappa shape index (κ1) is 14.8. The zero-order valence-corrected chi connectivity index (χ0v) is 12.6. The summed E-state index contributed by atoms with van der Waals surface area (Å²) < 4.78 is 1.94. The molecular weight excluding hydrogens is 248 g/mol. The van der Waals surface area contributed by atoms with E-state index in [0.29, 0.717) is 0 Å². The van der Waals surface area contributed by atoms with E-state index in [4.69, 9.17) is 5.84 Å². The van der Waals surface area contributed by atoms with E-state index in [-0.39, 0.29) is 6.04 Å². The molecule has 1 atom stereocenters. The Bertz CT molecular complexity index is 559. The van der Waals surface area contributed by atoms with Gasteiger partial charge in [0, 0.05) is 25.2 Å². The molecule has 0 amide bonds. The van der Waals surface area contributed by atoms with Gasteiger partial charge in [0.2, 0.25) is 0 Å². The van der Waals surface area contributed by atoms with Gasteiger partial charge in [0.1, 0.15) is 0 Å². The maximum absolute atomic E-state index is 5.69. The lowest BCUT2D eigenvalue weighted by Gasteiger charge is -2.16. The van der Waals surface area contributed by atoms with Crippen LogP contribution < -0.4 is 11.3 Å². The molecule has 1 aromatic heterocycles. The average molecular weight is 272 g/mol. The van der Waals surface area contributed by atoms with Crippen LogP contribution in [0.3, 0.4) is 0 Å². The Morgan fingerprint density at radius 2 is 2.10 bits per heavy atom. The highest BCUT2D eigenvalue weighted by atomic mass is 15.3. The molecule has 0 aliphatic heterocycles. The summed E-state index contributed by atoms with van der Waals surface area (Å²) in [5.74, 6) is 5.69. The molecule has 4 nitrogen and oxygen atoms in total. The normalized spacial score (nSPS) is 12.6. The first-order valence-corrected chi connectivity index (χ1v) is 7.09. The van der Waals surface area contributed by atoms with Crippen molar-refractivity contribution in [1.82, 2.24) is 15.2 Å². The van der Waals surface area contributed by atoms with Crippen LogP contribution in [0.5, 0.6) is 0 Å². The molecule has 2 rings (SSSR count). The monoisotopic (exact) mass is 272 g/mol. The molecule has 0 aliphatic carbocycles. The quantitative estimate of drug-likeness (QED) is 0.625. The molecule has 0 bridgehead atoms. The Hall–Kier alpha value is -1.65. The van der Waals surface area contributed by atoms with Gasteiger partial charge in [0.05, 0.1) is 5.69 Å². The number of hydrazine groups is 1. The number of nitrogens with one attached hydrogen (secondary N) is 1. The second kappa shape index (κ2) is 6.68. The van der Waals surface area contributed by atoms with Crippen molar-refractivity contribution >= 4 is 0 Å². The summed E-state index contributed by atoms with van der Waals surface area (Å²) in [7, 11) is 1.98. The van der Waals surface area contributed by atoms with Crippen LogP contribution in [0.2, 0.25) is 0 Å². The number of hydrogen-bond donors (Lipinski definition) is 2.